The molecule has 2 atom stereocenters. The Balaban J connectivity index is 1.44. The third-order valence-corrected chi connectivity index (χ3v) is 11.4. The molecule has 5 aromatic rings. The molecule has 5 N–H and O–H groups in total. The van der Waals surface area contributed by atoms with E-state index in [1.54, 1.807) is 32.3 Å². The number of imidazole rings is 1. The first-order valence-electron chi connectivity index (χ1n) is 19.6. The largest absolute Gasteiger partial charge is 0.462 e. The van der Waals surface area contributed by atoms with Gasteiger partial charge in [0.15, 0.2) is 11.2 Å². The number of esters is 2. The van der Waals surface area contributed by atoms with Gasteiger partial charge in [-0.1, -0.05) is 91.0 Å². The Morgan fingerprint density at radius 2 is 1.31 bits per heavy atom. The molecule has 310 valence electrons. The van der Waals surface area contributed by atoms with E-state index in [1.807, 2.05) is 91.0 Å². The van der Waals surface area contributed by atoms with E-state index in [1.165, 1.54) is 6.33 Å². The number of nitrogens with two attached hydrogens (primary N) is 1. The highest BCUT2D eigenvalue weighted by molar-refractivity contribution is 7.60. The number of benzene rings is 3. The minimum Gasteiger partial charge on any atom is -0.462 e. The lowest BCUT2D eigenvalue weighted by Gasteiger charge is -2.32. The van der Waals surface area contributed by atoms with Crippen LogP contribution in [0.3, 0.4) is 0 Å². The summed E-state index contributed by atoms with van der Waals surface area (Å²) in [4.78, 5) is 53.0. The Morgan fingerprint density at radius 3 is 1.83 bits per heavy atom. The number of nitrogens with one attached hydrogen (secondary N) is 3. The average molecular weight is 815 g/mol. The minimum atomic E-state index is -3.85. The molecule has 0 spiro atoms. The predicted molar refractivity (Wildman–Crippen MR) is 224 cm³/mol. The van der Waals surface area contributed by atoms with Crippen molar-refractivity contribution in [1.82, 2.24) is 34.6 Å². The molecule has 16 heteroatoms. The second-order valence-corrected chi connectivity index (χ2v) is 17.1. The Morgan fingerprint density at radius 1 is 0.793 bits per heavy atom. The quantitative estimate of drug-likeness (QED) is 0.0402. The molecule has 0 radical (unpaired) electrons. The SMILES string of the molecule is CC(C)OC(=O)[C@H](Cc1ccccc1)NP(=O)(CCN(CCOCc1ccccc1)CCn1cnc2c(=O)[nH]c(N)nc21)N[C@@H](Cc1ccccc1)C(=O)OC(C)C. The van der Waals surface area contributed by atoms with Crippen molar-refractivity contribution in [2.24, 2.45) is 0 Å². The van der Waals surface area contributed by atoms with Crippen LogP contribution >= 0.6 is 7.44 Å². The molecule has 0 fully saturated rings. The molecular weight excluding hydrogens is 759 g/mol. The van der Waals surface area contributed by atoms with Crippen LogP contribution in [0.1, 0.15) is 44.4 Å². The lowest BCUT2D eigenvalue weighted by atomic mass is 10.1. The van der Waals surface area contributed by atoms with Crippen LogP contribution in [0, 0.1) is 0 Å². The highest BCUT2D eigenvalue weighted by Gasteiger charge is 2.36. The number of rotatable bonds is 23. The van der Waals surface area contributed by atoms with Crippen molar-refractivity contribution in [2.75, 3.05) is 38.1 Å². The van der Waals surface area contributed by atoms with Crippen molar-refractivity contribution in [3.8, 4) is 0 Å². The number of nitrogens with zero attached hydrogens (tertiary/aromatic N) is 4. The van der Waals surface area contributed by atoms with E-state index in [-0.39, 0.29) is 37.0 Å². The molecule has 58 heavy (non-hydrogen) atoms. The molecule has 0 aliphatic carbocycles. The van der Waals surface area contributed by atoms with Crippen LogP contribution < -0.4 is 21.5 Å². The van der Waals surface area contributed by atoms with Crippen LogP contribution in [-0.4, -0.2) is 93.1 Å². The number of aromatic nitrogens is 4. The van der Waals surface area contributed by atoms with Gasteiger partial charge in [-0.3, -0.25) is 28.8 Å². The number of hydrogen-bond donors (Lipinski definition) is 4. The number of H-pyrrole nitrogens is 1. The van der Waals surface area contributed by atoms with Crippen LogP contribution in [0.15, 0.2) is 102 Å². The molecular formula is C42H55N8O7P. The first-order chi connectivity index (χ1) is 27.9. The van der Waals surface area contributed by atoms with Crippen LogP contribution in [-0.2, 0) is 54.4 Å². The first-order valence-corrected chi connectivity index (χ1v) is 21.4. The Labute approximate surface area is 339 Å². The highest BCUT2D eigenvalue weighted by atomic mass is 31.2. The summed E-state index contributed by atoms with van der Waals surface area (Å²) in [5.74, 6) is -1.15. The number of carbonyl (C=O) groups is 2. The fraction of sp³-hybridized carbons (Fsp3) is 0.405. The molecule has 0 aliphatic rings. The van der Waals surface area contributed by atoms with E-state index in [9.17, 15) is 14.4 Å². The molecule has 0 saturated heterocycles. The van der Waals surface area contributed by atoms with Crippen molar-refractivity contribution < 1.29 is 28.4 Å². The van der Waals surface area contributed by atoms with Gasteiger partial charge in [-0.2, -0.15) is 4.98 Å². The molecule has 15 nitrogen and oxygen atoms in total. The van der Waals surface area contributed by atoms with Crippen LogP contribution in [0.2, 0.25) is 0 Å². The summed E-state index contributed by atoms with van der Waals surface area (Å²) >= 11 is 0. The van der Waals surface area contributed by atoms with Gasteiger partial charge in [-0.15, -0.1) is 0 Å². The summed E-state index contributed by atoms with van der Waals surface area (Å²) in [6, 6.07) is 26.6. The van der Waals surface area contributed by atoms with Gasteiger partial charge >= 0.3 is 11.9 Å². The van der Waals surface area contributed by atoms with Crippen molar-refractivity contribution in [3.05, 3.63) is 124 Å². The summed E-state index contributed by atoms with van der Waals surface area (Å²) in [5, 5.41) is 6.37. The Hall–Kier alpha value is -5.18. The van der Waals surface area contributed by atoms with Gasteiger partial charge in [0.1, 0.15) is 12.1 Å². The Bertz CT molecular complexity index is 2080. The van der Waals surface area contributed by atoms with Gasteiger partial charge < -0.3 is 24.5 Å². The van der Waals surface area contributed by atoms with E-state index < -0.39 is 49.2 Å². The zero-order valence-corrected chi connectivity index (χ0v) is 34.5. The van der Waals surface area contributed by atoms with E-state index in [2.05, 4.69) is 30.0 Å². The van der Waals surface area contributed by atoms with Crippen molar-refractivity contribution in [1.29, 1.82) is 0 Å². The molecule has 3 aromatic carbocycles. The van der Waals surface area contributed by atoms with Gasteiger partial charge in [0.2, 0.25) is 13.4 Å². The standard InChI is InChI=1S/C42H55N8O7P/c1-30(2)56-40(52)35(26-32-14-8-5-9-15-32)47-58(54,48-36(41(53)57-31(3)4)27-33-16-10-6-11-17-33)25-23-49(22-24-55-28-34-18-12-7-13-19-34)20-21-50-29-44-37-38(50)45-42(43)46-39(37)51/h5-19,29-31,35-36H,20-28H2,1-4H3,(H2,47,48,54)(H3,43,45,46,51)/t35-,36-/m0/s1. The fourth-order valence-electron chi connectivity index (χ4n) is 6.32. The lowest BCUT2D eigenvalue weighted by molar-refractivity contribution is -0.150. The molecule has 2 heterocycles. The third-order valence-electron chi connectivity index (χ3n) is 9.11. The summed E-state index contributed by atoms with van der Waals surface area (Å²) in [7, 11) is -3.85. The van der Waals surface area contributed by atoms with Crippen LogP contribution in [0.4, 0.5) is 5.95 Å². The maximum Gasteiger partial charge on any atom is 0.324 e. The van der Waals surface area contributed by atoms with E-state index >= 15 is 4.57 Å². The molecule has 0 unspecified atom stereocenters. The molecule has 0 aliphatic heterocycles. The molecule has 5 rings (SSSR count). The topological polar surface area (TPSA) is 196 Å². The van der Waals surface area contributed by atoms with Crippen LogP contribution in [0.25, 0.3) is 11.2 Å². The van der Waals surface area contributed by atoms with Gasteiger partial charge in [0, 0.05) is 32.3 Å². The van der Waals surface area contributed by atoms with Gasteiger partial charge in [-0.05, 0) is 57.2 Å². The number of fused-ring (bicyclic) bond motifs is 1. The van der Waals surface area contributed by atoms with E-state index in [4.69, 9.17) is 19.9 Å². The number of hydrogen-bond acceptors (Lipinski definition) is 11. The van der Waals surface area contributed by atoms with Gasteiger partial charge in [0.25, 0.3) is 5.56 Å². The summed E-state index contributed by atoms with van der Waals surface area (Å²) < 4.78 is 34.7. The van der Waals surface area contributed by atoms with Crippen molar-refractivity contribution in [3.63, 3.8) is 0 Å². The van der Waals surface area contributed by atoms with Gasteiger partial charge in [0.05, 0.1) is 31.7 Å². The number of carbonyl (C=O) groups excluding carboxylic acids is 2. The first kappa shape index (κ1) is 43.9. The number of nitrogen functional groups attached to an aromatic ring is 1. The Kier molecular flexibility index (Phi) is 16.3. The predicted octanol–water partition coefficient (Wildman–Crippen LogP) is 4.72. The smallest absolute Gasteiger partial charge is 0.324 e. The summed E-state index contributed by atoms with van der Waals surface area (Å²) in [5.41, 5.74) is 8.64. The molecule has 0 bridgehead atoms. The zero-order chi connectivity index (χ0) is 41.5. The van der Waals surface area contributed by atoms with Gasteiger partial charge in [-0.25, -0.2) is 15.2 Å². The van der Waals surface area contributed by atoms with E-state index in [0.717, 1.165) is 16.7 Å². The number of anilines is 1. The maximum atomic E-state index is 15.5. The lowest BCUT2D eigenvalue weighted by Crippen LogP contribution is -2.48. The third kappa shape index (κ3) is 13.7. The number of aromatic amines is 1. The maximum absolute atomic E-state index is 15.5. The second kappa shape index (κ2) is 21.5. The second-order valence-electron chi connectivity index (χ2n) is 14.6. The monoisotopic (exact) mass is 814 g/mol. The van der Waals surface area contributed by atoms with Crippen molar-refractivity contribution >= 4 is 36.5 Å². The highest BCUT2D eigenvalue weighted by Crippen LogP contribution is 2.39. The molecule has 0 saturated carbocycles. The average Bonchev–Trinajstić information content (AvgIpc) is 3.60. The van der Waals surface area contributed by atoms with E-state index in [0.29, 0.717) is 38.5 Å². The van der Waals surface area contributed by atoms with Crippen LogP contribution in [0.5, 0.6) is 0 Å². The summed E-state index contributed by atoms with van der Waals surface area (Å²) in [6.45, 7) is 9.28. The van der Waals surface area contributed by atoms with Crippen molar-refractivity contribution in [2.45, 2.75) is 78.0 Å². The molecule has 2 aromatic heterocycles. The number of ether oxygens (including phenoxy) is 3. The fourth-order valence-corrected chi connectivity index (χ4v) is 8.62. The molecule has 0 amide bonds. The zero-order valence-electron chi connectivity index (χ0n) is 33.6. The summed E-state index contributed by atoms with van der Waals surface area (Å²) in [6.07, 6.45) is 1.08. The minimum absolute atomic E-state index is 0.00171. The normalized spacial score (nSPS) is 12.9.